The van der Waals surface area contributed by atoms with Crippen LogP contribution in [0.3, 0.4) is 0 Å². The van der Waals surface area contributed by atoms with Crippen LogP contribution in [-0.2, 0) is 15.7 Å². The van der Waals surface area contributed by atoms with Gasteiger partial charge in [-0.1, -0.05) is 12.1 Å². The van der Waals surface area contributed by atoms with Crippen molar-refractivity contribution < 1.29 is 27.4 Å². The third-order valence-corrected chi connectivity index (χ3v) is 6.70. The maximum atomic E-state index is 12.8. The second-order valence-electron chi connectivity index (χ2n) is 8.17. The molecule has 4 rings (SSSR count). The van der Waals surface area contributed by atoms with Gasteiger partial charge in [-0.15, -0.1) is 0 Å². The van der Waals surface area contributed by atoms with Gasteiger partial charge in [-0.3, -0.25) is 4.79 Å². The van der Waals surface area contributed by atoms with Gasteiger partial charge in [0.25, 0.3) is 5.91 Å². The van der Waals surface area contributed by atoms with Crippen molar-refractivity contribution >= 4 is 17.4 Å². The summed E-state index contributed by atoms with van der Waals surface area (Å²) in [6, 6.07) is 12.3. The molecule has 9 heteroatoms. The SMILES string of the molecule is Cc1c(-c2ccc(OCC(=O)NCC3CCCCO3)cc2)nsc1-c1ccc(C(F)(F)F)cc1. The van der Waals surface area contributed by atoms with Gasteiger partial charge in [-0.2, -0.15) is 17.5 Å². The Hall–Kier alpha value is -2.91. The van der Waals surface area contributed by atoms with Gasteiger partial charge in [0.2, 0.25) is 0 Å². The number of nitrogens with one attached hydrogen (secondary N) is 1. The van der Waals surface area contributed by atoms with Gasteiger partial charge in [-0.25, -0.2) is 0 Å². The minimum absolute atomic E-state index is 0.0748. The molecule has 1 N–H and O–H groups in total. The summed E-state index contributed by atoms with van der Waals surface area (Å²) in [6.07, 6.45) is -1.14. The highest BCUT2D eigenvalue weighted by Crippen LogP contribution is 2.37. The van der Waals surface area contributed by atoms with E-state index >= 15 is 0 Å². The van der Waals surface area contributed by atoms with Gasteiger partial charge in [0.15, 0.2) is 6.61 Å². The van der Waals surface area contributed by atoms with E-state index in [1.807, 2.05) is 19.1 Å². The van der Waals surface area contributed by atoms with Crippen LogP contribution < -0.4 is 10.1 Å². The summed E-state index contributed by atoms with van der Waals surface area (Å²) in [4.78, 5) is 12.9. The van der Waals surface area contributed by atoms with Crippen LogP contribution in [0.25, 0.3) is 21.7 Å². The molecule has 1 unspecified atom stereocenters. The summed E-state index contributed by atoms with van der Waals surface area (Å²) >= 11 is 1.25. The first kappa shape index (κ1) is 24.2. The molecule has 0 saturated carbocycles. The number of rotatable bonds is 7. The Morgan fingerprint density at radius 2 is 1.82 bits per heavy atom. The second kappa shape index (κ2) is 10.6. The molecular formula is C25H25F3N2O3S. The topological polar surface area (TPSA) is 60.5 Å². The zero-order chi connectivity index (χ0) is 24.1. The monoisotopic (exact) mass is 490 g/mol. The number of halogens is 3. The van der Waals surface area contributed by atoms with E-state index in [0.717, 1.165) is 59.7 Å². The molecule has 1 aliphatic heterocycles. The van der Waals surface area contributed by atoms with E-state index in [1.54, 1.807) is 12.1 Å². The van der Waals surface area contributed by atoms with Crippen molar-refractivity contribution in [2.24, 2.45) is 0 Å². The van der Waals surface area contributed by atoms with Crippen molar-refractivity contribution in [3.63, 3.8) is 0 Å². The van der Waals surface area contributed by atoms with Crippen molar-refractivity contribution in [3.8, 4) is 27.4 Å². The summed E-state index contributed by atoms with van der Waals surface area (Å²) in [5.74, 6) is 0.360. The Labute approximate surface area is 200 Å². The van der Waals surface area contributed by atoms with Crippen LogP contribution in [-0.4, -0.2) is 36.1 Å². The Kier molecular flexibility index (Phi) is 7.53. The fourth-order valence-corrected chi connectivity index (χ4v) is 4.69. The van der Waals surface area contributed by atoms with E-state index in [2.05, 4.69) is 9.69 Å². The minimum Gasteiger partial charge on any atom is -0.484 e. The molecule has 1 saturated heterocycles. The summed E-state index contributed by atoms with van der Waals surface area (Å²) in [5.41, 5.74) is 2.53. The van der Waals surface area contributed by atoms with Gasteiger partial charge < -0.3 is 14.8 Å². The smallest absolute Gasteiger partial charge is 0.416 e. The molecule has 180 valence electrons. The highest BCUT2D eigenvalue weighted by atomic mass is 32.1. The first-order valence-corrected chi connectivity index (χ1v) is 11.8. The molecule has 1 fully saturated rings. The summed E-state index contributed by atoms with van der Waals surface area (Å²) in [6.45, 7) is 3.05. The number of hydrogen-bond donors (Lipinski definition) is 1. The van der Waals surface area contributed by atoms with Gasteiger partial charge in [0.1, 0.15) is 5.75 Å². The van der Waals surface area contributed by atoms with Crippen molar-refractivity contribution in [1.29, 1.82) is 0 Å². The van der Waals surface area contributed by atoms with Crippen LogP contribution >= 0.6 is 11.5 Å². The van der Waals surface area contributed by atoms with Crippen LogP contribution in [0, 0.1) is 6.92 Å². The van der Waals surface area contributed by atoms with Crippen LogP contribution in [0.2, 0.25) is 0 Å². The molecule has 2 aromatic carbocycles. The zero-order valence-corrected chi connectivity index (χ0v) is 19.5. The fraction of sp³-hybridized carbons (Fsp3) is 0.360. The molecule has 0 radical (unpaired) electrons. The molecule has 3 aromatic rings. The first-order valence-electron chi connectivity index (χ1n) is 11.1. The molecule has 1 amide bonds. The molecule has 1 aliphatic rings. The number of benzene rings is 2. The molecule has 5 nitrogen and oxygen atoms in total. The number of nitrogens with zero attached hydrogens (tertiary/aromatic N) is 1. The lowest BCUT2D eigenvalue weighted by Gasteiger charge is -2.22. The quantitative estimate of drug-likeness (QED) is 0.450. The van der Waals surface area contributed by atoms with E-state index in [1.165, 1.54) is 23.7 Å². The number of carbonyl (C=O) groups is 1. The number of alkyl halides is 3. The molecule has 34 heavy (non-hydrogen) atoms. The van der Waals surface area contributed by atoms with Gasteiger partial charge >= 0.3 is 6.18 Å². The predicted octanol–water partition coefficient (Wildman–Crippen LogP) is 5.87. The standard InChI is InChI=1S/C25H25F3N2O3S/c1-16-23(30-34-24(16)18-5-9-19(10-6-18)25(26,27)28)17-7-11-20(12-8-17)33-15-22(31)29-14-21-4-2-3-13-32-21/h5-12,21H,2-4,13-15H2,1H3,(H,29,31). The highest BCUT2D eigenvalue weighted by Gasteiger charge is 2.30. The van der Waals surface area contributed by atoms with Crippen LogP contribution in [0.1, 0.15) is 30.4 Å². The Bertz CT molecular complexity index is 1110. The molecule has 1 atom stereocenters. The minimum atomic E-state index is -4.36. The first-order chi connectivity index (χ1) is 16.3. The lowest BCUT2D eigenvalue weighted by atomic mass is 10.0. The normalized spacial score (nSPS) is 16.3. The van der Waals surface area contributed by atoms with E-state index in [-0.39, 0.29) is 18.6 Å². The van der Waals surface area contributed by atoms with E-state index < -0.39 is 11.7 Å². The maximum absolute atomic E-state index is 12.8. The van der Waals surface area contributed by atoms with E-state index in [0.29, 0.717) is 17.9 Å². The molecule has 0 aliphatic carbocycles. The van der Waals surface area contributed by atoms with Gasteiger partial charge in [-0.05, 0) is 85.2 Å². The summed E-state index contributed by atoms with van der Waals surface area (Å²) in [5, 5.41) is 2.84. The van der Waals surface area contributed by atoms with Gasteiger partial charge in [0.05, 0.1) is 22.2 Å². The Morgan fingerprint density at radius 3 is 2.47 bits per heavy atom. The molecule has 0 spiro atoms. The van der Waals surface area contributed by atoms with Crippen LogP contribution in [0.5, 0.6) is 5.75 Å². The third kappa shape index (κ3) is 5.95. The van der Waals surface area contributed by atoms with E-state index in [9.17, 15) is 18.0 Å². The molecule has 0 bridgehead atoms. The maximum Gasteiger partial charge on any atom is 0.416 e. The second-order valence-corrected chi connectivity index (χ2v) is 8.94. The van der Waals surface area contributed by atoms with Crippen molar-refractivity contribution in [2.75, 3.05) is 19.8 Å². The number of hydrogen-bond acceptors (Lipinski definition) is 5. The van der Waals surface area contributed by atoms with Crippen molar-refractivity contribution in [1.82, 2.24) is 9.69 Å². The largest absolute Gasteiger partial charge is 0.484 e. The summed E-state index contributed by atoms with van der Waals surface area (Å²) < 4.78 is 54.2. The molecular weight excluding hydrogens is 465 g/mol. The number of carbonyl (C=O) groups excluding carboxylic acids is 1. The molecule has 2 heterocycles. The zero-order valence-electron chi connectivity index (χ0n) is 18.7. The van der Waals surface area contributed by atoms with Crippen LogP contribution in [0.15, 0.2) is 48.5 Å². The Balaban J connectivity index is 1.35. The average Bonchev–Trinajstić information content (AvgIpc) is 3.23. The van der Waals surface area contributed by atoms with Crippen LogP contribution in [0.4, 0.5) is 13.2 Å². The van der Waals surface area contributed by atoms with Crippen molar-refractivity contribution in [2.45, 2.75) is 38.5 Å². The number of aromatic nitrogens is 1. The molecule has 1 aromatic heterocycles. The average molecular weight is 491 g/mol. The van der Waals surface area contributed by atoms with E-state index in [4.69, 9.17) is 9.47 Å². The lowest BCUT2D eigenvalue weighted by molar-refractivity contribution is -0.137. The highest BCUT2D eigenvalue weighted by molar-refractivity contribution is 7.10. The lowest BCUT2D eigenvalue weighted by Crippen LogP contribution is -2.37. The Morgan fingerprint density at radius 1 is 1.12 bits per heavy atom. The number of amides is 1. The predicted molar refractivity (Wildman–Crippen MR) is 125 cm³/mol. The van der Waals surface area contributed by atoms with Gasteiger partial charge in [0, 0.05) is 18.7 Å². The fourth-order valence-electron chi connectivity index (χ4n) is 3.79. The van der Waals surface area contributed by atoms with Crippen molar-refractivity contribution in [3.05, 3.63) is 59.7 Å². The summed E-state index contributed by atoms with van der Waals surface area (Å²) in [7, 11) is 0. The number of ether oxygens (including phenoxy) is 2. The third-order valence-electron chi connectivity index (χ3n) is 5.70.